The molecular formula is C64H54N4O. The lowest BCUT2D eigenvalue weighted by Gasteiger charge is -2.26. The molecule has 0 saturated carbocycles. The Morgan fingerprint density at radius 3 is 1.90 bits per heavy atom. The van der Waals surface area contributed by atoms with Crippen molar-refractivity contribution in [1.29, 1.82) is 0 Å². The zero-order valence-electron chi connectivity index (χ0n) is 45.5. The molecule has 0 unspecified atom stereocenters. The summed E-state index contributed by atoms with van der Waals surface area (Å²) in [5, 5.41) is 2.19. The van der Waals surface area contributed by atoms with Gasteiger partial charge in [0, 0.05) is 31.3 Å². The van der Waals surface area contributed by atoms with Crippen LogP contribution in [0.25, 0.3) is 94.5 Å². The highest BCUT2D eigenvalue weighted by molar-refractivity contribution is 6.09. The van der Waals surface area contributed by atoms with Crippen LogP contribution in [0.2, 0.25) is 0 Å². The maximum Gasteiger partial charge on any atom is 0.269 e. The van der Waals surface area contributed by atoms with Crippen LogP contribution in [0.4, 0.5) is 0 Å². The van der Waals surface area contributed by atoms with Gasteiger partial charge in [0.2, 0.25) is 0 Å². The Balaban J connectivity index is 1.13. The number of benzene rings is 8. The molecule has 0 N–H and O–H groups in total. The fraction of sp³-hybridized carbons (Fsp3) is 0.156. The number of aromatic nitrogens is 4. The Kier molecular flexibility index (Phi) is 8.25. The van der Waals surface area contributed by atoms with E-state index in [2.05, 4.69) is 160 Å². The van der Waals surface area contributed by atoms with Gasteiger partial charge in [0.15, 0.2) is 0 Å². The van der Waals surface area contributed by atoms with Gasteiger partial charge in [-0.25, -0.2) is 4.98 Å². The van der Waals surface area contributed by atoms with Crippen molar-refractivity contribution >= 4 is 32.8 Å². The predicted octanol–water partition coefficient (Wildman–Crippen LogP) is 16.2. The molecule has 3 aromatic heterocycles. The van der Waals surface area contributed by atoms with E-state index >= 15 is 0 Å². The minimum Gasteiger partial charge on any atom is -0.458 e. The van der Waals surface area contributed by atoms with Crippen molar-refractivity contribution in [3.63, 3.8) is 0 Å². The number of para-hydroxylation sites is 2. The number of nitrogens with zero attached hydrogens (tertiary/aromatic N) is 4. The van der Waals surface area contributed by atoms with Crippen molar-refractivity contribution in [2.75, 3.05) is 0 Å². The summed E-state index contributed by atoms with van der Waals surface area (Å²) in [6, 6.07) is 58.3. The van der Waals surface area contributed by atoms with Gasteiger partial charge in [-0.3, -0.25) is 13.7 Å². The molecule has 336 valence electrons. The molecule has 5 heteroatoms. The summed E-state index contributed by atoms with van der Waals surface area (Å²) < 4.78 is 65.8. The largest absolute Gasteiger partial charge is 0.458 e. The zero-order chi connectivity index (χ0) is 52.3. The highest BCUT2D eigenvalue weighted by Gasteiger charge is 2.30. The lowest BCUT2D eigenvalue weighted by atomic mass is 9.82. The first-order valence-electron chi connectivity index (χ1n) is 26.5. The Morgan fingerprint density at radius 2 is 1.17 bits per heavy atom. The molecule has 0 saturated heterocycles. The second kappa shape index (κ2) is 15.8. The molecule has 0 spiro atoms. The van der Waals surface area contributed by atoms with Crippen LogP contribution >= 0.6 is 0 Å². The molecule has 1 aliphatic heterocycles. The first-order chi connectivity index (χ1) is 35.7. The maximum atomic E-state index is 8.76. The summed E-state index contributed by atoms with van der Waals surface area (Å²) >= 11 is 0. The van der Waals surface area contributed by atoms with E-state index < -0.39 is 13.7 Å². The van der Waals surface area contributed by atoms with Crippen LogP contribution in [0.5, 0.6) is 11.5 Å². The number of hydrogen-bond donors (Lipinski definition) is 0. The van der Waals surface area contributed by atoms with Crippen LogP contribution in [-0.2, 0) is 10.8 Å². The number of rotatable bonds is 5. The minimum absolute atomic E-state index is 0.0382. The van der Waals surface area contributed by atoms with Gasteiger partial charge < -0.3 is 4.74 Å². The molecule has 0 atom stereocenters. The molecule has 11 aromatic rings. The van der Waals surface area contributed by atoms with E-state index in [1.165, 1.54) is 23.8 Å². The Hall–Kier alpha value is -8.02. The molecule has 1 aliphatic rings. The lowest BCUT2D eigenvalue weighted by molar-refractivity contribution is -0.572. The third-order valence-corrected chi connectivity index (χ3v) is 13.7. The van der Waals surface area contributed by atoms with Crippen molar-refractivity contribution in [3.05, 3.63) is 211 Å². The van der Waals surface area contributed by atoms with Crippen LogP contribution in [0.3, 0.4) is 0 Å². The second-order valence-electron chi connectivity index (χ2n) is 20.2. The van der Waals surface area contributed by atoms with Gasteiger partial charge in [-0.05, 0) is 146 Å². The molecule has 12 rings (SSSR count). The third kappa shape index (κ3) is 6.98. The summed E-state index contributed by atoms with van der Waals surface area (Å²) in [6.07, 6.45) is 5.74. The van der Waals surface area contributed by atoms with Crippen LogP contribution in [-0.4, -0.2) is 14.1 Å². The summed E-state index contributed by atoms with van der Waals surface area (Å²) in [7, 11) is 0. The Bertz CT molecular complexity index is 4080. The highest BCUT2D eigenvalue weighted by atomic mass is 16.5. The van der Waals surface area contributed by atoms with Crippen molar-refractivity contribution in [3.8, 4) is 73.2 Å². The van der Waals surface area contributed by atoms with Crippen molar-refractivity contribution in [2.24, 2.45) is 0 Å². The number of imidazole rings is 1. The van der Waals surface area contributed by atoms with E-state index in [1.54, 1.807) is 0 Å². The number of hydrogen-bond acceptors (Lipinski definition) is 2. The molecule has 5 nitrogen and oxygen atoms in total. The Morgan fingerprint density at radius 1 is 0.536 bits per heavy atom. The van der Waals surface area contributed by atoms with Crippen LogP contribution in [0.1, 0.15) is 72.0 Å². The number of pyridine rings is 1. The molecule has 0 aliphatic carbocycles. The van der Waals surface area contributed by atoms with Crippen LogP contribution in [0.15, 0.2) is 182 Å². The molecule has 0 amide bonds. The summed E-state index contributed by atoms with van der Waals surface area (Å²) in [4.78, 5) is 4.89. The summed E-state index contributed by atoms with van der Waals surface area (Å²) in [6.45, 7) is 8.01. The third-order valence-electron chi connectivity index (χ3n) is 13.7. The molecule has 69 heavy (non-hydrogen) atoms. The average molecular weight is 901 g/mol. The van der Waals surface area contributed by atoms with Crippen molar-refractivity contribution in [1.82, 2.24) is 14.1 Å². The zero-order valence-corrected chi connectivity index (χ0v) is 39.5. The Labute approximate surface area is 413 Å². The minimum atomic E-state index is -2.63. The monoisotopic (exact) mass is 900 g/mol. The fourth-order valence-corrected chi connectivity index (χ4v) is 10.4. The molecular weight excluding hydrogens is 841 g/mol. The lowest BCUT2D eigenvalue weighted by Crippen LogP contribution is -2.35. The normalized spacial score (nSPS) is 14.0. The highest BCUT2D eigenvalue weighted by Crippen LogP contribution is 2.47. The number of fused-ring (bicyclic) bond motifs is 10. The van der Waals surface area contributed by atoms with Crippen LogP contribution < -0.4 is 9.30 Å². The maximum absolute atomic E-state index is 8.76. The standard InChI is InChI=1S/C64H54N4O/c1-40-18-15-19-41(2)60(40)42-34-54-50-25-12-10-23-48(50)47-22-9-11-24-49(47)53-27-17-28-55(64(6,7)8)61(53)67-39-66(58(35-42)62(54)67)44-20-16-21-45(37-44)69-46-30-31-52-51-26-13-14-29-56(51)68(57(52)38-46)59-36-43(32-33-65-59)63(3,4)5/h9-38H,1-8H3/i1D3,2D3. The number of ether oxygens (including phenoxy) is 1. The SMILES string of the molecule is [2H]C([2H])([2H])c1cccc(C([2H])([2H])[2H])c1-c1cc2c3c(c1)n(-c1cccc(Oc4ccc5c6ccccc6n(-c6cc(C(C)(C)C)ccn6)c5c4)c1)[c-][n+]3-c1c(cccc1C(C)(C)C)-c1ccccc1-c1ccccc1-2. The van der Waals surface area contributed by atoms with Gasteiger partial charge in [-0.15, -0.1) is 0 Å². The summed E-state index contributed by atoms with van der Waals surface area (Å²) in [5.41, 5.74) is 13.3. The number of aryl methyl sites for hydroxylation is 2. The smallest absolute Gasteiger partial charge is 0.269 e. The van der Waals surface area contributed by atoms with Crippen molar-refractivity contribution in [2.45, 2.75) is 66.1 Å². The van der Waals surface area contributed by atoms with Gasteiger partial charge in [-0.1, -0.05) is 157 Å². The van der Waals surface area contributed by atoms with E-state index in [9.17, 15) is 0 Å². The molecule has 8 aromatic carbocycles. The van der Waals surface area contributed by atoms with E-state index in [1.807, 2.05) is 65.4 Å². The van der Waals surface area contributed by atoms with E-state index in [0.29, 0.717) is 22.6 Å². The summed E-state index contributed by atoms with van der Waals surface area (Å²) in [5.74, 6) is 2.04. The quantitative estimate of drug-likeness (QED) is 0.127. The first kappa shape index (κ1) is 36.1. The van der Waals surface area contributed by atoms with Crippen LogP contribution in [0, 0.1) is 20.0 Å². The van der Waals surface area contributed by atoms with Gasteiger partial charge in [0.25, 0.3) is 6.33 Å². The van der Waals surface area contributed by atoms with Gasteiger partial charge in [0.1, 0.15) is 17.3 Å². The molecule has 0 bridgehead atoms. The fourth-order valence-electron chi connectivity index (χ4n) is 10.4. The molecule has 0 radical (unpaired) electrons. The topological polar surface area (TPSA) is 35.9 Å². The molecule has 0 fully saturated rings. The first-order valence-corrected chi connectivity index (χ1v) is 23.5. The predicted molar refractivity (Wildman–Crippen MR) is 284 cm³/mol. The van der Waals surface area contributed by atoms with E-state index in [0.717, 1.165) is 83.5 Å². The van der Waals surface area contributed by atoms with Gasteiger partial charge in [-0.2, -0.15) is 0 Å². The second-order valence-corrected chi connectivity index (χ2v) is 20.2. The average Bonchev–Trinajstić information content (AvgIpc) is 3.94. The van der Waals surface area contributed by atoms with E-state index in [-0.39, 0.29) is 27.5 Å². The van der Waals surface area contributed by atoms with Crippen molar-refractivity contribution < 1.29 is 17.5 Å². The van der Waals surface area contributed by atoms with Gasteiger partial charge in [0.05, 0.1) is 33.4 Å². The van der Waals surface area contributed by atoms with Gasteiger partial charge >= 0.3 is 0 Å². The van der Waals surface area contributed by atoms with E-state index in [4.69, 9.17) is 17.9 Å². The molecule has 4 heterocycles.